The number of nitrogens with zero attached hydrogens (tertiary/aromatic N) is 5. The van der Waals surface area contributed by atoms with Crippen LogP contribution in [0.1, 0.15) is 27.7 Å². The fourth-order valence-corrected chi connectivity index (χ4v) is 9.70. The Labute approximate surface area is 420 Å². The smallest absolute Gasteiger partial charge is 0.399 e. The maximum absolute atomic E-state index is 6.48. The topological polar surface area (TPSA) is 79.4 Å². The van der Waals surface area contributed by atoms with E-state index in [4.69, 9.17) is 24.3 Å². The van der Waals surface area contributed by atoms with Gasteiger partial charge in [0.1, 0.15) is 17.3 Å². The first kappa shape index (κ1) is 44.6. The number of benzene rings is 7. The summed E-state index contributed by atoms with van der Waals surface area (Å²) in [6.45, 7) is 8.32. The minimum atomic E-state index is -0.494. The molecule has 72 heavy (non-hydrogen) atoms. The zero-order chi connectivity index (χ0) is 48.8. The fraction of sp³-hybridized carbons (Fsp3) is 0.0952. The highest BCUT2D eigenvalue weighted by Crippen LogP contribution is 2.43. The summed E-state index contributed by atoms with van der Waals surface area (Å²) in [6.07, 6.45) is 3.78. The van der Waals surface area contributed by atoms with Gasteiger partial charge in [-0.2, -0.15) is 0 Å². The molecule has 1 fully saturated rings. The van der Waals surface area contributed by atoms with Gasteiger partial charge in [-0.3, -0.25) is 9.80 Å². The van der Waals surface area contributed by atoms with E-state index in [-0.39, 0.29) is 0 Å². The van der Waals surface area contributed by atoms with Crippen molar-refractivity contribution in [1.29, 1.82) is 0 Å². The number of pyridine rings is 3. The van der Waals surface area contributed by atoms with Crippen LogP contribution in [0.3, 0.4) is 0 Å². The van der Waals surface area contributed by atoms with Crippen LogP contribution in [0.4, 0.5) is 34.4 Å². The number of aromatic amines is 1. The molecule has 0 spiro atoms. The van der Waals surface area contributed by atoms with Gasteiger partial charge in [0.2, 0.25) is 0 Å². The van der Waals surface area contributed by atoms with Crippen molar-refractivity contribution in [3.05, 3.63) is 231 Å². The first-order valence-corrected chi connectivity index (χ1v) is 24.4. The van der Waals surface area contributed by atoms with Crippen LogP contribution in [0, 0.1) is 0 Å². The van der Waals surface area contributed by atoms with E-state index in [1.54, 1.807) is 0 Å². The minimum absolute atomic E-state index is 0.455. The predicted octanol–water partition coefficient (Wildman–Crippen LogP) is 15.4. The van der Waals surface area contributed by atoms with Crippen molar-refractivity contribution >= 4 is 68.9 Å². The van der Waals surface area contributed by atoms with Gasteiger partial charge in [0, 0.05) is 57.0 Å². The van der Waals surface area contributed by atoms with Gasteiger partial charge in [-0.15, -0.1) is 0 Å². The molecular formula is C63H51BN6O2. The molecule has 0 amide bonds. The summed E-state index contributed by atoms with van der Waals surface area (Å²) >= 11 is 0. The normalized spacial score (nSPS) is 13.9. The molecule has 9 heteroatoms. The van der Waals surface area contributed by atoms with Crippen molar-refractivity contribution in [2.75, 3.05) is 9.80 Å². The lowest BCUT2D eigenvalue weighted by Gasteiger charge is -2.32. The predicted molar refractivity (Wildman–Crippen MR) is 296 cm³/mol. The molecule has 1 saturated heterocycles. The third-order valence-corrected chi connectivity index (χ3v) is 14.2. The van der Waals surface area contributed by atoms with Gasteiger partial charge in [0.15, 0.2) is 0 Å². The fourth-order valence-electron chi connectivity index (χ4n) is 9.70. The van der Waals surface area contributed by atoms with Crippen molar-refractivity contribution in [3.63, 3.8) is 0 Å². The molecule has 0 radical (unpaired) electrons. The minimum Gasteiger partial charge on any atom is -0.399 e. The SMILES string of the molecule is CC1(C)OB(c2cccc(N(c3ccccc3)c3cc(-c4ccc(-c5ccc(N(c6ccccc6)c6cc(-c7ccccc7)ccn6)cc5-c5ccc6c(n5)[nH]c5ccccc56)cc4)ccn3)c2)OC1(C)C. The number of nitrogens with one attached hydrogen (secondary N) is 1. The zero-order valence-corrected chi connectivity index (χ0v) is 40.6. The van der Waals surface area contributed by atoms with Gasteiger partial charge >= 0.3 is 7.12 Å². The summed E-state index contributed by atoms with van der Waals surface area (Å²) in [5, 5.41) is 2.24. The average molecular weight is 935 g/mol. The second-order valence-electron chi connectivity index (χ2n) is 19.3. The van der Waals surface area contributed by atoms with Gasteiger partial charge in [0.25, 0.3) is 0 Å². The van der Waals surface area contributed by atoms with Crippen LogP contribution < -0.4 is 15.3 Å². The molecule has 8 nitrogen and oxygen atoms in total. The largest absolute Gasteiger partial charge is 0.494 e. The van der Waals surface area contributed by atoms with Crippen LogP contribution in [0.2, 0.25) is 0 Å². The number of hydrogen-bond donors (Lipinski definition) is 1. The summed E-state index contributed by atoms with van der Waals surface area (Å²) in [5.74, 6) is 1.60. The Morgan fingerprint density at radius 3 is 1.60 bits per heavy atom. The third kappa shape index (κ3) is 8.38. The van der Waals surface area contributed by atoms with E-state index in [2.05, 4.69) is 243 Å². The Balaban J connectivity index is 0.937. The lowest BCUT2D eigenvalue weighted by molar-refractivity contribution is 0.00578. The standard InChI is InChI=1S/C63H51BN6O2/c1-62(2)63(3,4)72-64(71-62)48-19-16-24-51(41-48)69(49-20-10-6-11-21-49)59-40-47(36-38-65-59)44-27-29-45(30-28-44)53-32-31-52(42-56(53)58-34-33-55-54-25-14-15-26-57(54)67-61(55)68-58)70(50-22-12-7-13-23-50)60-39-46(35-37-66-60)43-17-8-5-9-18-43/h5-42H,1-4H3,(H,67,68). The van der Waals surface area contributed by atoms with Crippen LogP contribution in [0.5, 0.6) is 0 Å². The average Bonchev–Trinajstić information content (AvgIpc) is 3.91. The molecule has 7 aromatic carbocycles. The van der Waals surface area contributed by atoms with E-state index >= 15 is 0 Å². The van der Waals surface area contributed by atoms with Gasteiger partial charge in [-0.1, -0.05) is 127 Å². The van der Waals surface area contributed by atoms with Crippen molar-refractivity contribution in [2.24, 2.45) is 0 Å². The Bertz CT molecular complexity index is 3720. The summed E-state index contributed by atoms with van der Waals surface area (Å²) in [4.78, 5) is 23.3. The van der Waals surface area contributed by atoms with Crippen molar-refractivity contribution in [3.8, 4) is 44.6 Å². The summed E-state index contributed by atoms with van der Waals surface area (Å²) in [5.41, 5.74) is 14.1. The molecule has 4 aromatic heterocycles. The van der Waals surface area contributed by atoms with Crippen molar-refractivity contribution in [1.82, 2.24) is 19.9 Å². The summed E-state index contributed by atoms with van der Waals surface area (Å²) in [7, 11) is -0.494. The molecule has 0 unspecified atom stereocenters. The highest BCUT2D eigenvalue weighted by atomic mass is 16.7. The lowest BCUT2D eigenvalue weighted by atomic mass is 9.79. The van der Waals surface area contributed by atoms with E-state index in [9.17, 15) is 0 Å². The molecule has 1 N–H and O–H groups in total. The second kappa shape index (κ2) is 18.3. The van der Waals surface area contributed by atoms with Crippen molar-refractivity contribution in [2.45, 2.75) is 38.9 Å². The number of rotatable bonds is 11. The maximum atomic E-state index is 6.48. The maximum Gasteiger partial charge on any atom is 0.494 e. The number of aromatic nitrogens is 4. The molecule has 11 aromatic rings. The molecule has 12 rings (SSSR count). The van der Waals surface area contributed by atoms with E-state index in [0.29, 0.717) is 0 Å². The molecule has 0 saturated carbocycles. The summed E-state index contributed by atoms with van der Waals surface area (Å²) in [6, 6.07) is 76.2. The molecule has 0 aliphatic carbocycles. The molecular weight excluding hydrogens is 884 g/mol. The molecule has 348 valence electrons. The Morgan fingerprint density at radius 2 is 0.958 bits per heavy atom. The van der Waals surface area contributed by atoms with E-state index in [0.717, 1.165) is 106 Å². The Morgan fingerprint density at radius 1 is 0.417 bits per heavy atom. The number of H-pyrrole nitrogens is 1. The number of para-hydroxylation sites is 3. The number of fused-ring (bicyclic) bond motifs is 3. The first-order chi connectivity index (χ1) is 35.2. The third-order valence-electron chi connectivity index (χ3n) is 14.2. The highest BCUT2D eigenvalue weighted by Gasteiger charge is 2.51. The van der Waals surface area contributed by atoms with Gasteiger partial charge < -0.3 is 14.3 Å². The van der Waals surface area contributed by atoms with E-state index in [1.165, 1.54) is 0 Å². The molecule has 5 heterocycles. The molecule has 0 atom stereocenters. The second-order valence-corrected chi connectivity index (χ2v) is 19.3. The highest BCUT2D eigenvalue weighted by molar-refractivity contribution is 6.62. The van der Waals surface area contributed by atoms with Gasteiger partial charge in [0.05, 0.1) is 16.9 Å². The number of anilines is 6. The molecule has 1 aliphatic rings. The monoisotopic (exact) mass is 934 g/mol. The van der Waals surface area contributed by atoms with Crippen LogP contribution in [0.25, 0.3) is 66.6 Å². The lowest BCUT2D eigenvalue weighted by Crippen LogP contribution is -2.41. The molecule has 0 bridgehead atoms. The number of hydrogen-bond acceptors (Lipinski definition) is 7. The first-order valence-electron chi connectivity index (χ1n) is 24.4. The van der Waals surface area contributed by atoms with E-state index in [1.807, 2.05) is 30.6 Å². The zero-order valence-electron chi connectivity index (χ0n) is 40.6. The van der Waals surface area contributed by atoms with E-state index < -0.39 is 18.3 Å². The summed E-state index contributed by atoms with van der Waals surface area (Å²) < 4.78 is 13.0. The Hall–Kier alpha value is -8.63. The van der Waals surface area contributed by atoms with Gasteiger partial charge in [-0.05, 0) is 158 Å². The Kier molecular flexibility index (Phi) is 11.3. The van der Waals surface area contributed by atoms with Crippen LogP contribution in [0.15, 0.2) is 231 Å². The van der Waals surface area contributed by atoms with Gasteiger partial charge in [-0.25, -0.2) is 15.0 Å². The van der Waals surface area contributed by atoms with Crippen LogP contribution in [-0.4, -0.2) is 38.3 Å². The molecule has 1 aliphatic heterocycles. The quantitative estimate of drug-likeness (QED) is 0.129. The van der Waals surface area contributed by atoms with Crippen molar-refractivity contribution < 1.29 is 9.31 Å². The van der Waals surface area contributed by atoms with Crippen LogP contribution >= 0.6 is 0 Å². The van der Waals surface area contributed by atoms with Crippen LogP contribution in [-0.2, 0) is 9.31 Å².